The summed E-state index contributed by atoms with van der Waals surface area (Å²) < 4.78 is 27.1. The molecule has 1 aromatic carbocycles. The van der Waals surface area contributed by atoms with E-state index in [1.165, 1.54) is 12.1 Å². The van der Waals surface area contributed by atoms with Gasteiger partial charge in [0.15, 0.2) is 0 Å². The van der Waals surface area contributed by atoms with Crippen molar-refractivity contribution in [1.29, 1.82) is 0 Å². The number of nitrogens with zero attached hydrogens (tertiary/aromatic N) is 1. The molecule has 0 aromatic heterocycles. The van der Waals surface area contributed by atoms with Crippen molar-refractivity contribution in [2.45, 2.75) is 31.3 Å². The molecule has 1 aliphatic rings. The summed E-state index contributed by atoms with van der Waals surface area (Å²) in [5, 5.41) is 8.98. The van der Waals surface area contributed by atoms with Crippen LogP contribution >= 0.6 is 0 Å². The minimum atomic E-state index is -3.45. The van der Waals surface area contributed by atoms with Crippen molar-refractivity contribution in [3.05, 3.63) is 29.8 Å². The minimum Gasteiger partial charge on any atom is -0.392 e. The Morgan fingerprint density at radius 2 is 1.86 bits per heavy atom. The van der Waals surface area contributed by atoms with E-state index in [1.54, 1.807) is 12.1 Å². The fourth-order valence-electron chi connectivity index (χ4n) is 2.59. The third-order valence-electron chi connectivity index (χ3n) is 4.13. The van der Waals surface area contributed by atoms with Gasteiger partial charge in [-0.3, -0.25) is 0 Å². The highest BCUT2D eigenvalue weighted by Gasteiger charge is 2.21. The van der Waals surface area contributed by atoms with E-state index >= 15 is 0 Å². The van der Waals surface area contributed by atoms with E-state index in [4.69, 9.17) is 5.11 Å². The summed E-state index contributed by atoms with van der Waals surface area (Å²) in [6, 6.07) is 6.34. The third-order valence-corrected chi connectivity index (χ3v) is 5.57. The molecule has 0 spiro atoms. The Hall–Kier alpha value is -0.950. The molecule has 0 radical (unpaired) electrons. The van der Waals surface area contributed by atoms with Gasteiger partial charge < -0.3 is 10.0 Å². The van der Waals surface area contributed by atoms with Crippen LogP contribution in [0.5, 0.6) is 0 Å². The molecule has 0 bridgehead atoms. The summed E-state index contributed by atoms with van der Waals surface area (Å²) in [5.74, 6) is 0.416. The first-order chi connectivity index (χ1) is 10.0. The molecule has 1 aliphatic heterocycles. The predicted molar refractivity (Wildman–Crippen MR) is 82.4 cm³/mol. The van der Waals surface area contributed by atoms with E-state index in [-0.39, 0.29) is 11.5 Å². The first-order valence-corrected chi connectivity index (χ1v) is 8.95. The molecule has 2 N–H and O–H groups in total. The number of benzene rings is 1. The van der Waals surface area contributed by atoms with Crippen LogP contribution in [0.1, 0.15) is 25.3 Å². The van der Waals surface area contributed by atoms with Crippen LogP contribution in [0.4, 0.5) is 0 Å². The predicted octanol–water partition coefficient (Wildman–Crippen LogP) is 1.19. The van der Waals surface area contributed by atoms with Gasteiger partial charge >= 0.3 is 0 Å². The maximum atomic E-state index is 12.2. The molecule has 0 amide bonds. The Morgan fingerprint density at radius 1 is 1.24 bits per heavy atom. The van der Waals surface area contributed by atoms with Crippen molar-refractivity contribution in [1.82, 2.24) is 9.62 Å². The Labute approximate surface area is 127 Å². The molecule has 0 unspecified atom stereocenters. The molecule has 0 saturated carbocycles. The van der Waals surface area contributed by atoms with Crippen LogP contribution in [0, 0.1) is 5.92 Å². The molecular weight excluding hydrogens is 288 g/mol. The number of aliphatic hydroxyl groups excluding tert-OH is 1. The summed E-state index contributed by atoms with van der Waals surface area (Å²) in [6.45, 7) is 5.74. The second-order valence-electron chi connectivity index (χ2n) is 5.53. The number of nitrogens with one attached hydrogen (secondary N) is 1. The van der Waals surface area contributed by atoms with Gasteiger partial charge in [0, 0.05) is 6.54 Å². The molecular formula is C15H24N2O3S. The highest BCUT2D eigenvalue weighted by molar-refractivity contribution is 7.89. The summed E-state index contributed by atoms with van der Waals surface area (Å²) in [4.78, 5) is 2.64. The lowest BCUT2D eigenvalue weighted by Crippen LogP contribution is -2.38. The monoisotopic (exact) mass is 312 g/mol. The number of aliphatic hydroxyl groups is 1. The summed E-state index contributed by atoms with van der Waals surface area (Å²) in [7, 11) is -3.45. The molecule has 5 nitrogen and oxygen atoms in total. The van der Waals surface area contributed by atoms with Crippen LogP contribution in [0.15, 0.2) is 29.2 Å². The summed E-state index contributed by atoms with van der Waals surface area (Å²) >= 11 is 0. The molecule has 2 rings (SSSR count). The molecule has 0 aliphatic carbocycles. The Morgan fingerprint density at radius 3 is 2.38 bits per heavy atom. The normalized spacial score (nSPS) is 18.0. The van der Waals surface area contributed by atoms with Crippen molar-refractivity contribution < 1.29 is 13.5 Å². The third kappa shape index (κ3) is 4.51. The summed E-state index contributed by atoms with van der Waals surface area (Å²) in [6.07, 6.45) is 2.08. The molecule has 1 heterocycles. The number of rotatable bonds is 6. The van der Waals surface area contributed by atoms with Crippen molar-refractivity contribution in [2.75, 3.05) is 26.2 Å². The maximum absolute atomic E-state index is 12.2. The lowest BCUT2D eigenvalue weighted by Gasteiger charge is -2.30. The lowest BCUT2D eigenvalue weighted by molar-refractivity contribution is 0.194. The zero-order valence-electron chi connectivity index (χ0n) is 12.5. The van der Waals surface area contributed by atoms with Crippen LogP contribution in [-0.4, -0.2) is 44.6 Å². The first kappa shape index (κ1) is 16.4. The topological polar surface area (TPSA) is 69.6 Å². The van der Waals surface area contributed by atoms with Crippen molar-refractivity contribution in [3.8, 4) is 0 Å². The van der Waals surface area contributed by atoms with Gasteiger partial charge in [0.25, 0.3) is 0 Å². The number of likely N-dealkylation sites (tertiary alicyclic amines) is 1. The second kappa shape index (κ2) is 7.35. The van der Waals surface area contributed by atoms with Crippen molar-refractivity contribution in [3.63, 3.8) is 0 Å². The average molecular weight is 312 g/mol. The quantitative estimate of drug-likeness (QED) is 0.828. The smallest absolute Gasteiger partial charge is 0.240 e. The van der Waals surface area contributed by atoms with Crippen LogP contribution < -0.4 is 4.72 Å². The zero-order chi connectivity index (χ0) is 15.3. The Balaban J connectivity index is 1.89. The fourth-order valence-corrected chi connectivity index (χ4v) is 3.71. The van der Waals surface area contributed by atoms with Crippen LogP contribution in [0.3, 0.4) is 0 Å². The standard InChI is InChI=1S/C15H24N2O3S/c1-2-17-9-7-13(8-10-17)11-16-21(19,20)15-5-3-14(12-18)4-6-15/h3-6,13,16,18H,2,7-12H2,1H3. The Kier molecular flexibility index (Phi) is 5.75. The number of piperidine rings is 1. The number of hydrogen-bond donors (Lipinski definition) is 2. The Bertz CT molecular complexity index is 535. The SMILES string of the molecule is CCN1CCC(CNS(=O)(=O)c2ccc(CO)cc2)CC1. The van der Waals surface area contributed by atoms with Gasteiger partial charge in [-0.2, -0.15) is 0 Å². The van der Waals surface area contributed by atoms with Gasteiger partial charge in [0.2, 0.25) is 10.0 Å². The van der Waals surface area contributed by atoms with E-state index in [0.717, 1.165) is 32.5 Å². The van der Waals surface area contributed by atoms with Gasteiger partial charge in [0.05, 0.1) is 11.5 Å². The molecule has 0 atom stereocenters. The zero-order valence-corrected chi connectivity index (χ0v) is 13.3. The molecule has 21 heavy (non-hydrogen) atoms. The van der Waals surface area contributed by atoms with Crippen molar-refractivity contribution in [2.24, 2.45) is 5.92 Å². The lowest BCUT2D eigenvalue weighted by atomic mass is 9.97. The first-order valence-electron chi connectivity index (χ1n) is 7.47. The summed E-state index contributed by atoms with van der Waals surface area (Å²) in [5.41, 5.74) is 0.709. The molecule has 1 fully saturated rings. The highest BCUT2D eigenvalue weighted by Crippen LogP contribution is 2.17. The van der Waals surface area contributed by atoms with E-state index in [1.807, 2.05) is 0 Å². The van der Waals surface area contributed by atoms with Gasteiger partial charge in [-0.25, -0.2) is 13.1 Å². The van der Waals surface area contributed by atoms with E-state index < -0.39 is 10.0 Å². The average Bonchev–Trinajstić information content (AvgIpc) is 2.53. The minimum absolute atomic E-state index is 0.0796. The van der Waals surface area contributed by atoms with Crippen LogP contribution in [0.2, 0.25) is 0 Å². The van der Waals surface area contributed by atoms with Gasteiger partial charge in [-0.05, 0) is 56.1 Å². The molecule has 1 aromatic rings. The fraction of sp³-hybridized carbons (Fsp3) is 0.600. The van der Waals surface area contributed by atoms with Crippen LogP contribution in [-0.2, 0) is 16.6 Å². The maximum Gasteiger partial charge on any atom is 0.240 e. The van der Waals surface area contributed by atoms with Gasteiger partial charge in [-0.1, -0.05) is 19.1 Å². The van der Waals surface area contributed by atoms with E-state index in [2.05, 4.69) is 16.5 Å². The van der Waals surface area contributed by atoms with Gasteiger partial charge in [0.1, 0.15) is 0 Å². The molecule has 1 saturated heterocycles. The van der Waals surface area contributed by atoms with E-state index in [9.17, 15) is 8.42 Å². The number of hydrogen-bond acceptors (Lipinski definition) is 4. The number of sulfonamides is 1. The van der Waals surface area contributed by atoms with Crippen LogP contribution in [0.25, 0.3) is 0 Å². The second-order valence-corrected chi connectivity index (χ2v) is 7.30. The van der Waals surface area contributed by atoms with Crippen molar-refractivity contribution >= 4 is 10.0 Å². The largest absolute Gasteiger partial charge is 0.392 e. The van der Waals surface area contributed by atoms with Gasteiger partial charge in [-0.15, -0.1) is 0 Å². The molecule has 6 heteroatoms. The highest BCUT2D eigenvalue weighted by atomic mass is 32.2. The van der Waals surface area contributed by atoms with E-state index in [0.29, 0.717) is 18.0 Å². The molecule has 118 valence electrons.